The Balaban J connectivity index is 2.44. The summed E-state index contributed by atoms with van der Waals surface area (Å²) in [5, 5.41) is 3.74. The first kappa shape index (κ1) is 10.4. The van der Waals surface area contributed by atoms with Gasteiger partial charge in [0.25, 0.3) is 0 Å². The zero-order chi connectivity index (χ0) is 11.8. The second-order valence-corrected chi connectivity index (χ2v) is 2.94. The summed E-state index contributed by atoms with van der Waals surface area (Å²) in [7, 11) is 0. The highest BCUT2D eigenvalue weighted by Crippen LogP contribution is 2.27. The van der Waals surface area contributed by atoms with Crippen molar-refractivity contribution >= 4 is 5.82 Å². The molecule has 0 bridgehead atoms. The molecule has 8 heteroatoms. The summed E-state index contributed by atoms with van der Waals surface area (Å²) < 4.78 is 38.2. The maximum Gasteiger partial charge on any atom is 0.433 e. The largest absolute Gasteiger partial charge is 0.433 e. The lowest BCUT2D eigenvalue weighted by Crippen LogP contribution is -2.10. The van der Waals surface area contributed by atoms with Crippen LogP contribution in [0.5, 0.6) is 0 Å². The van der Waals surface area contributed by atoms with E-state index in [4.69, 9.17) is 5.73 Å². The lowest BCUT2D eigenvalue weighted by molar-refractivity contribution is -0.141. The molecule has 2 heterocycles. The topological polar surface area (TPSA) is 69.6 Å². The van der Waals surface area contributed by atoms with Crippen molar-refractivity contribution in [1.29, 1.82) is 0 Å². The Bertz CT molecular complexity index is 504. The average molecular weight is 229 g/mol. The molecule has 0 spiro atoms. The number of nitrogen functional groups attached to an aromatic ring is 1. The molecule has 0 aliphatic carbocycles. The SMILES string of the molecule is Nc1ccn(-c2cc(C(F)(F)F)ncn2)n1. The molecule has 84 valence electrons. The van der Waals surface area contributed by atoms with Crippen LogP contribution in [0.4, 0.5) is 19.0 Å². The van der Waals surface area contributed by atoms with Gasteiger partial charge in [0.2, 0.25) is 0 Å². The van der Waals surface area contributed by atoms with Crippen molar-refractivity contribution in [3.63, 3.8) is 0 Å². The Morgan fingerprint density at radius 3 is 2.56 bits per heavy atom. The number of alkyl halides is 3. The molecule has 0 aromatic carbocycles. The monoisotopic (exact) mass is 229 g/mol. The van der Waals surface area contributed by atoms with E-state index in [1.165, 1.54) is 12.3 Å². The van der Waals surface area contributed by atoms with Crippen molar-refractivity contribution in [2.75, 3.05) is 5.73 Å². The van der Waals surface area contributed by atoms with Gasteiger partial charge in [-0.15, -0.1) is 5.10 Å². The van der Waals surface area contributed by atoms with Crippen LogP contribution in [0.3, 0.4) is 0 Å². The lowest BCUT2D eigenvalue weighted by Gasteiger charge is -2.06. The summed E-state index contributed by atoms with van der Waals surface area (Å²) in [6.45, 7) is 0. The fraction of sp³-hybridized carbons (Fsp3) is 0.125. The number of halogens is 3. The van der Waals surface area contributed by atoms with E-state index in [-0.39, 0.29) is 11.6 Å². The minimum Gasteiger partial charge on any atom is -0.382 e. The first-order chi connectivity index (χ1) is 7.47. The number of nitrogens with two attached hydrogens (primary N) is 1. The van der Waals surface area contributed by atoms with E-state index < -0.39 is 11.9 Å². The van der Waals surface area contributed by atoms with Crippen LogP contribution < -0.4 is 5.73 Å². The zero-order valence-corrected chi connectivity index (χ0v) is 7.81. The smallest absolute Gasteiger partial charge is 0.382 e. The van der Waals surface area contributed by atoms with Crippen LogP contribution in [0.1, 0.15) is 5.69 Å². The van der Waals surface area contributed by atoms with Gasteiger partial charge in [0.1, 0.15) is 17.8 Å². The average Bonchev–Trinajstić information content (AvgIpc) is 2.64. The zero-order valence-electron chi connectivity index (χ0n) is 7.81. The van der Waals surface area contributed by atoms with E-state index >= 15 is 0 Å². The summed E-state index contributed by atoms with van der Waals surface area (Å²) >= 11 is 0. The molecule has 16 heavy (non-hydrogen) atoms. The van der Waals surface area contributed by atoms with Gasteiger partial charge in [-0.3, -0.25) is 0 Å². The van der Waals surface area contributed by atoms with E-state index in [2.05, 4.69) is 15.1 Å². The van der Waals surface area contributed by atoms with Gasteiger partial charge in [0.15, 0.2) is 5.82 Å². The number of hydrogen-bond donors (Lipinski definition) is 1. The molecule has 0 saturated carbocycles. The third kappa shape index (κ3) is 1.95. The van der Waals surface area contributed by atoms with Crippen LogP contribution in [0.2, 0.25) is 0 Å². The third-order valence-corrected chi connectivity index (χ3v) is 1.79. The molecule has 2 aromatic rings. The summed E-state index contributed by atoms with van der Waals surface area (Å²) in [6, 6.07) is 2.25. The molecule has 5 nitrogen and oxygen atoms in total. The van der Waals surface area contributed by atoms with E-state index in [1.54, 1.807) is 0 Å². The molecule has 0 atom stereocenters. The summed E-state index contributed by atoms with van der Waals surface area (Å²) in [5.74, 6) is 0.214. The first-order valence-corrected chi connectivity index (χ1v) is 4.17. The molecular formula is C8H6F3N5. The third-order valence-electron chi connectivity index (χ3n) is 1.79. The first-order valence-electron chi connectivity index (χ1n) is 4.17. The molecule has 0 aliphatic rings. The van der Waals surface area contributed by atoms with Crippen LogP contribution in [0, 0.1) is 0 Å². The van der Waals surface area contributed by atoms with Gasteiger partial charge in [-0.1, -0.05) is 0 Å². The van der Waals surface area contributed by atoms with Crippen LogP contribution in [-0.4, -0.2) is 19.7 Å². The van der Waals surface area contributed by atoms with Gasteiger partial charge in [-0.2, -0.15) is 13.2 Å². The van der Waals surface area contributed by atoms with Gasteiger partial charge in [0, 0.05) is 18.3 Å². The predicted molar refractivity (Wildman–Crippen MR) is 48.6 cm³/mol. The second kappa shape index (κ2) is 3.47. The Labute approximate surface area is 87.7 Å². The molecular weight excluding hydrogens is 223 g/mol. The van der Waals surface area contributed by atoms with Crippen molar-refractivity contribution in [3.05, 3.63) is 30.4 Å². The number of hydrogen-bond acceptors (Lipinski definition) is 4. The molecule has 0 saturated heterocycles. The Hall–Kier alpha value is -2.12. The van der Waals surface area contributed by atoms with Crippen molar-refractivity contribution in [2.24, 2.45) is 0 Å². The van der Waals surface area contributed by atoms with Gasteiger partial charge < -0.3 is 5.73 Å². The Morgan fingerprint density at radius 1 is 1.25 bits per heavy atom. The Morgan fingerprint density at radius 2 is 2.00 bits per heavy atom. The highest BCUT2D eigenvalue weighted by Gasteiger charge is 2.32. The fourth-order valence-electron chi connectivity index (χ4n) is 1.09. The van der Waals surface area contributed by atoms with Gasteiger partial charge in [-0.05, 0) is 0 Å². The minimum atomic E-state index is -4.50. The van der Waals surface area contributed by atoms with E-state index in [0.717, 1.165) is 17.1 Å². The van der Waals surface area contributed by atoms with Gasteiger partial charge >= 0.3 is 6.18 Å². The quantitative estimate of drug-likeness (QED) is 0.799. The molecule has 0 fully saturated rings. The van der Waals surface area contributed by atoms with Crippen molar-refractivity contribution in [3.8, 4) is 5.82 Å². The minimum absolute atomic E-state index is 0.0130. The van der Waals surface area contributed by atoms with Crippen molar-refractivity contribution in [1.82, 2.24) is 19.7 Å². The van der Waals surface area contributed by atoms with Crippen LogP contribution >= 0.6 is 0 Å². The molecule has 0 radical (unpaired) electrons. The molecule has 0 amide bonds. The number of anilines is 1. The lowest BCUT2D eigenvalue weighted by atomic mass is 10.4. The number of nitrogens with zero attached hydrogens (tertiary/aromatic N) is 4. The van der Waals surface area contributed by atoms with Crippen LogP contribution in [0.25, 0.3) is 5.82 Å². The van der Waals surface area contributed by atoms with Crippen molar-refractivity contribution in [2.45, 2.75) is 6.18 Å². The maximum absolute atomic E-state index is 12.3. The molecule has 2 aromatic heterocycles. The van der Waals surface area contributed by atoms with Crippen LogP contribution in [0.15, 0.2) is 24.7 Å². The predicted octanol–water partition coefficient (Wildman–Crippen LogP) is 1.26. The van der Waals surface area contributed by atoms with E-state index in [9.17, 15) is 13.2 Å². The highest BCUT2D eigenvalue weighted by molar-refractivity contribution is 5.30. The molecule has 0 unspecified atom stereocenters. The fourth-order valence-corrected chi connectivity index (χ4v) is 1.09. The number of aromatic nitrogens is 4. The summed E-state index contributed by atoms with van der Waals surface area (Å²) in [5.41, 5.74) is 4.32. The molecule has 0 aliphatic heterocycles. The van der Waals surface area contributed by atoms with E-state index in [0.29, 0.717) is 0 Å². The molecule has 2 N–H and O–H groups in total. The highest BCUT2D eigenvalue weighted by atomic mass is 19.4. The number of rotatable bonds is 1. The van der Waals surface area contributed by atoms with Gasteiger partial charge in [0.05, 0.1) is 0 Å². The summed E-state index contributed by atoms with van der Waals surface area (Å²) in [6.07, 6.45) is -2.26. The standard InChI is InChI=1S/C8H6F3N5/c9-8(10,11)5-3-7(14-4-13-5)16-2-1-6(12)15-16/h1-4H,(H2,12,15). The maximum atomic E-state index is 12.3. The van der Waals surface area contributed by atoms with Crippen LogP contribution in [-0.2, 0) is 6.18 Å². The Kier molecular flexibility index (Phi) is 2.26. The van der Waals surface area contributed by atoms with E-state index in [1.807, 2.05) is 0 Å². The molecule has 2 rings (SSSR count). The van der Waals surface area contributed by atoms with Crippen molar-refractivity contribution < 1.29 is 13.2 Å². The summed E-state index contributed by atoms with van der Waals surface area (Å²) in [4.78, 5) is 6.80. The second-order valence-electron chi connectivity index (χ2n) is 2.94. The normalized spacial score (nSPS) is 11.7. The van der Waals surface area contributed by atoms with Gasteiger partial charge in [-0.25, -0.2) is 14.6 Å².